The quantitative estimate of drug-likeness (QED) is 0.839. The number of likely N-dealkylation sites (tertiary alicyclic amines) is 1. The van der Waals surface area contributed by atoms with E-state index in [1.54, 1.807) is 0 Å². The van der Waals surface area contributed by atoms with E-state index in [0.29, 0.717) is 17.7 Å². The van der Waals surface area contributed by atoms with Gasteiger partial charge in [-0.3, -0.25) is 4.79 Å². The Kier molecular flexibility index (Phi) is 5.04. The second kappa shape index (κ2) is 6.55. The zero-order valence-corrected chi connectivity index (χ0v) is 11.7. The van der Waals surface area contributed by atoms with Gasteiger partial charge in [0, 0.05) is 25.6 Å². The highest BCUT2D eigenvalue weighted by Crippen LogP contribution is 2.28. The van der Waals surface area contributed by atoms with Crippen LogP contribution in [-0.2, 0) is 4.79 Å². The Morgan fingerprint density at radius 1 is 1.17 bits per heavy atom. The molecular weight excluding hydrogens is 224 g/mol. The average Bonchev–Trinajstić information content (AvgIpc) is 2.40. The molecule has 18 heavy (non-hydrogen) atoms. The molecule has 3 nitrogen and oxygen atoms in total. The topological polar surface area (TPSA) is 46.3 Å². The molecule has 2 aliphatic rings. The second-order valence-electron chi connectivity index (χ2n) is 6.29. The zero-order valence-electron chi connectivity index (χ0n) is 11.7. The Morgan fingerprint density at radius 2 is 1.78 bits per heavy atom. The van der Waals surface area contributed by atoms with Gasteiger partial charge >= 0.3 is 0 Å². The van der Waals surface area contributed by atoms with Gasteiger partial charge in [-0.05, 0) is 44.4 Å². The molecule has 1 amide bonds. The van der Waals surface area contributed by atoms with E-state index in [0.717, 1.165) is 32.4 Å². The first kappa shape index (κ1) is 13.9. The van der Waals surface area contributed by atoms with Crippen molar-refractivity contribution in [1.82, 2.24) is 4.90 Å². The number of piperidine rings is 1. The van der Waals surface area contributed by atoms with Gasteiger partial charge < -0.3 is 10.6 Å². The summed E-state index contributed by atoms with van der Waals surface area (Å²) in [4.78, 5) is 14.3. The highest BCUT2D eigenvalue weighted by atomic mass is 16.2. The zero-order chi connectivity index (χ0) is 13.0. The fourth-order valence-corrected chi connectivity index (χ4v) is 3.44. The summed E-state index contributed by atoms with van der Waals surface area (Å²) in [6, 6.07) is 0.278. The number of nitrogens with two attached hydrogens (primary N) is 1. The summed E-state index contributed by atoms with van der Waals surface area (Å²) in [5, 5.41) is 0. The molecule has 3 heteroatoms. The molecule has 1 aliphatic heterocycles. The van der Waals surface area contributed by atoms with Crippen molar-refractivity contribution in [2.75, 3.05) is 13.1 Å². The van der Waals surface area contributed by atoms with E-state index in [-0.39, 0.29) is 6.04 Å². The van der Waals surface area contributed by atoms with Gasteiger partial charge in [0.1, 0.15) is 0 Å². The summed E-state index contributed by atoms with van der Waals surface area (Å²) >= 11 is 0. The summed E-state index contributed by atoms with van der Waals surface area (Å²) in [7, 11) is 0. The molecule has 0 spiro atoms. The molecule has 0 radical (unpaired) electrons. The largest absolute Gasteiger partial charge is 0.343 e. The summed E-state index contributed by atoms with van der Waals surface area (Å²) in [5.74, 6) is 1.67. The van der Waals surface area contributed by atoms with Gasteiger partial charge in [0.05, 0.1) is 0 Å². The standard InChI is InChI=1S/C15H28N2O/c1-12(16)14-7-9-17(10-8-14)15(18)11-13-5-3-2-4-6-13/h12-14H,2-11,16H2,1H3. The van der Waals surface area contributed by atoms with Crippen molar-refractivity contribution in [2.45, 2.75) is 64.3 Å². The fraction of sp³-hybridized carbons (Fsp3) is 0.933. The van der Waals surface area contributed by atoms with Crippen LogP contribution in [0.15, 0.2) is 0 Å². The first-order valence-corrected chi connectivity index (χ1v) is 7.70. The third kappa shape index (κ3) is 3.71. The maximum atomic E-state index is 12.2. The first-order valence-electron chi connectivity index (χ1n) is 7.70. The minimum Gasteiger partial charge on any atom is -0.343 e. The summed E-state index contributed by atoms with van der Waals surface area (Å²) in [6.07, 6.45) is 9.52. The van der Waals surface area contributed by atoms with Crippen molar-refractivity contribution in [3.05, 3.63) is 0 Å². The van der Waals surface area contributed by atoms with Gasteiger partial charge in [-0.2, -0.15) is 0 Å². The van der Waals surface area contributed by atoms with Gasteiger partial charge in [0.25, 0.3) is 0 Å². The Labute approximate surface area is 111 Å². The lowest BCUT2D eigenvalue weighted by Gasteiger charge is -2.34. The molecule has 1 unspecified atom stereocenters. The SMILES string of the molecule is CC(N)C1CCN(C(=O)CC2CCCCC2)CC1. The Hall–Kier alpha value is -0.570. The Balaban J connectivity index is 1.73. The van der Waals surface area contributed by atoms with Crippen LogP contribution in [-0.4, -0.2) is 29.9 Å². The van der Waals surface area contributed by atoms with Gasteiger partial charge in [0.15, 0.2) is 0 Å². The van der Waals surface area contributed by atoms with E-state index in [9.17, 15) is 4.79 Å². The molecule has 0 aromatic rings. The summed E-state index contributed by atoms with van der Waals surface area (Å²) < 4.78 is 0. The van der Waals surface area contributed by atoms with Gasteiger partial charge in [-0.1, -0.05) is 19.3 Å². The van der Waals surface area contributed by atoms with Gasteiger partial charge in [-0.15, -0.1) is 0 Å². The number of hydrogen-bond donors (Lipinski definition) is 1. The Morgan fingerprint density at radius 3 is 2.33 bits per heavy atom. The lowest BCUT2D eigenvalue weighted by molar-refractivity contribution is -0.133. The van der Waals surface area contributed by atoms with Crippen LogP contribution < -0.4 is 5.73 Å². The normalized spacial score (nSPS) is 25.1. The Bertz CT molecular complexity index is 264. The second-order valence-corrected chi connectivity index (χ2v) is 6.29. The first-order chi connectivity index (χ1) is 8.66. The average molecular weight is 252 g/mol. The number of nitrogens with zero attached hydrogens (tertiary/aromatic N) is 1. The molecule has 104 valence electrons. The molecular formula is C15H28N2O. The van der Waals surface area contributed by atoms with E-state index in [4.69, 9.17) is 5.73 Å². The molecule has 1 aliphatic carbocycles. The van der Waals surface area contributed by atoms with Crippen LogP contribution in [0.1, 0.15) is 58.3 Å². The number of carbonyl (C=O) groups is 1. The highest BCUT2D eigenvalue weighted by Gasteiger charge is 2.26. The molecule has 0 aromatic heterocycles. The molecule has 1 heterocycles. The molecule has 1 saturated carbocycles. The van der Waals surface area contributed by atoms with Crippen LogP contribution in [0.3, 0.4) is 0 Å². The highest BCUT2D eigenvalue weighted by molar-refractivity contribution is 5.76. The van der Waals surface area contributed by atoms with E-state index in [1.165, 1.54) is 32.1 Å². The molecule has 1 saturated heterocycles. The fourth-order valence-electron chi connectivity index (χ4n) is 3.44. The molecule has 2 rings (SSSR count). The number of rotatable bonds is 3. The predicted molar refractivity (Wildman–Crippen MR) is 74.1 cm³/mol. The van der Waals surface area contributed by atoms with E-state index in [2.05, 4.69) is 11.8 Å². The van der Waals surface area contributed by atoms with Crippen LogP contribution in [0.4, 0.5) is 0 Å². The van der Waals surface area contributed by atoms with Crippen molar-refractivity contribution >= 4 is 5.91 Å². The van der Waals surface area contributed by atoms with Crippen LogP contribution in [0, 0.1) is 11.8 Å². The van der Waals surface area contributed by atoms with Crippen molar-refractivity contribution in [3.8, 4) is 0 Å². The smallest absolute Gasteiger partial charge is 0.222 e. The molecule has 0 bridgehead atoms. The van der Waals surface area contributed by atoms with Crippen molar-refractivity contribution in [1.29, 1.82) is 0 Å². The van der Waals surface area contributed by atoms with Crippen molar-refractivity contribution in [2.24, 2.45) is 17.6 Å². The molecule has 1 atom stereocenters. The van der Waals surface area contributed by atoms with E-state index < -0.39 is 0 Å². The van der Waals surface area contributed by atoms with E-state index in [1.807, 2.05) is 0 Å². The van der Waals surface area contributed by atoms with Gasteiger partial charge in [-0.25, -0.2) is 0 Å². The van der Waals surface area contributed by atoms with Crippen LogP contribution >= 0.6 is 0 Å². The summed E-state index contributed by atoms with van der Waals surface area (Å²) in [6.45, 7) is 3.94. The van der Waals surface area contributed by atoms with Crippen LogP contribution in [0.25, 0.3) is 0 Å². The third-order valence-corrected chi connectivity index (χ3v) is 4.82. The van der Waals surface area contributed by atoms with Crippen molar-refractivity contribution < 1.29 is 4.79 Å². The number of amides is 1. The number of carbonyl (C=O) groups excluding carboxylic acids is 1. The minimum absolute atomic E-state index is 0.278. The molecule has 2 fully saturated rings. The van der Waals surface area contributed by atoms with Crippen LogP contribution in [0.2, 0.25) is 0 Å². The maximum Gasteiger partial charge on any atom is 0.222 e. The lowest BCUT2D eigenvalue weighted by Crippen LogP contribution is -2.43. The molecule has 2 N–H and O–H groups in total. The van der Waals surface area contributed by atoms with Gasteiger partial charge in [0.2, 0.25) is 5.91 Å². The number of hydrogen-bond acceptors (Lipinski definition) is 2. The summed E-state index contributed by atoms with van der Waals surface area (Å²) in [5.41, 5.74) is 5.93. The predicted octanol–water partition coefficient (Wildman–Crippen LogP) is 2.54. The van der Waals surface area contributed by atoms with Crippen molar-refractivity contribution in [3.63, 3.8) is 0 Å². The monoisotopic (exact) mass is 252 g/mol. The molecule has 0 aromatic carbocycles. The van der Waals surface area contributed by atoms with Crippen LogP contribution in [0.5, 0.6) is 0 Å². The maximum absolute atomic E-state index is 12.2. The lowest BCUT2D eigenvalue weighted by atomic mass is 9.86. The van der Waals surface area contributed by atoms with E-state index >= 15 is 0 Å². The third-order valence-electron chi connectivity index (χ3n) is 4.82. The minimum atomic E-state index is 0.278.